The van der Waals surface area contributed by atoms with Crippen LogP contribution in [-0.4, -0.2) is 25.6 Å². The van der Waals surface area contributed by atoms with Gasteiger partial charge in [-0.15, -0.1) is 0 Å². The summed E-state index contributed by atoms with van der Waals surface area (Å²) >= 11 is 0. The summed E-state index contributed by atoms with van der Waals surface area (Å²) in [5, 5.41) is 14.0. The molecule has 5 nitrogen and oxygen atoms in total. The van der Waals surface area contributed by atoms with Gasteiger partial charge in [0.15, 0.2) is 0 Å². The molecule has 0 amide bonds. The van der Waals surface area contributed by atoms with E-state index in [1.807, 2.05) is 0 Å². The summed E-state index contributed by atoms with van der Waals surface area (Å²) in [6.45, 7) is 0.324. The van der Waals surface area contributed by atoms with Gasteiger partial charge in [-0.25, -0.2) is 9.48 Å². The third-order valence-corrected chi connectivity index (χ3v) is 3.44. The minimum absolute atomic E-state index is 0.158. The van der Waals surface area contributed by atoms with Crippen LogP contribution in [0.1, 0.15) is 32.1 Å². The highest BCUT2D eigenvalue weighted by molar-refractivity contribution is 4.75. The van der Waals surface area contributed by atoms with Crippen LogP contribution in [0.15, 0.2) is 11.1 Å². The van der Waals surface area contributed by atoms with E-state index in [2.05, 4.69) is 5.10 Å². The van der Waals surface area contributed by atoms with Crippen molar-refractivity contribution in [3.05, 3.63) is 16.8 Å². The van der Waals surface area contributed by atoms with Crippen LogP contribution in [0.5, 0.6) is 0 Å². The third-order valence-electron chi connectivity index (χ3n) is 3.44. The van der Waals surface area contributed by atoms with Crippen molar-refractivity contribution in [2.75, 3.05) is 0 Å². The molecule has 1 heterocycles. The Hall–Kier alpha value is -1.10. The quantitative estimate of drug-likeness (QED) is 0.816. The van der Waals surface area contributed by atoms with Crippen molar-refractivity contribution in [2.24, 2.45) is 13.0 Å². The van der Waals surface area contributed by atoms with Crippen LogP contribution in [0.2, 0.25) is 0 Å². The van der Waals surface area contributed by atoms with Gasteiger partial charge in [-0.3, -0.25) is 4.57 Å². The molecule has 5 heteroatoms. The minimum atomic E-state index is -0.437. The van der Waals surface area contributed by atoms with Crippen molar-refractivity contribution >= 4 is 0 Å². The predicted molar refractivity (Wildman–Crippen MR) is 60.0 cm³/mol. The highest BCUT2D eigenvalue weighted by Gasteiger charge is 2.22. The molecule has 0 saturated heterocycles. The van der Waals surface area contributed by atoms with Gasteiger partial charge >= 0.3 is 5.69 Å². The predicted octanol–water partition coefficient (Wildman–Crippen LogP) is 0.523. The van der Waals surface area contributed by atoms with E-state index in [9.17, 15) is 9.90 Å². The molecule has 1 N–H and O–H groups in total. The van der Waals surface area contributed by atoms with Gasteiger partial charge in [0.05, 0.1) is 12.6 Å². The Morgan fingerprint density at radius 2 is 2.19 bits per heavy atom. The summed E-state index contributed by atoms with van der Waals surface area (Å²) in [6, 6.07) is 0. The molecule has 0 bridgehead atoms. The number of aliphatic hydroxyl groups is 1. The Labute approximate surface area is 94.7 Å². The molecule has 90 valence electrons. The normalized spacial score (nSPS) is 19.9. The number of aryl methyl sites for hydroxylation is 1. The van der Waals surface area contributed by atoms with E-state index in [4.69, 9.17) is 0 Å². The highest BCUT2D eigenvalue weighted by Crippen LogP contribution is 2.26. The van der Waals surface area contributed by atoms with Crippen LogP contribution in [-0.2, 0) is 13.6 Å². The fraction of sp³-hybridized carbons (Fsp3) is 0.818. The molecule has 16 heavy (non-hydrogen) atoms. The van der Waals surface area contributed by atoms with Crippen molar-refractivity contribution < 1.29 is 5.11 Å². The summed E-state index contributed by atoms with van der Waals surface area (Å²) in [6.07, 6.45) is 6.85. The number of hydrogen-bond acceptors (Lipinski definition) is 3. The molecule has 0 aromatic carbocycles. The standard InChI is InChI=1S/C11H19N3O2/c1-13-8-12-14(11(13)16)7-10(15)9-5-3-2-4-6-9/h8-10,15H,2-7H2,1H3. The van der Waals surface area contributed by atoms with Crippen molar-refractivity contribution in [2.45, 2.75) is 44.8 Å². The van der Waals surface area contributed by atoms with E-state index in [-0.39, 0.29) is 5.69 Å². The van der Waals surface area contributed by atoms with Crippen LogP contribution in [0.4, 0.5) is 0 Å². The molecule has 1 aromatic rings. The Kier molecular flexibility index (Phi) is 3.43. The van der Waals surface area contributed by atoms with Crippen molar-refractivity contribution in [1.82, 2.24) is 14.3 Å². The molecule has 1 aliphatic rings. The Morgan fingerprint density at radius 3 is 2.75 bits per heavy atom. The Morgan fingerprint density at radius 1 is 1.50 bits per heavy atom. The first-order chi connectivity index (χ1) is 7.68. The Bertz CT molecular complexity index is 390. The molecule has 0 radical (unpaired) electrons. The van der Waals surface area contributed by atoms with E-state index in [1.54, 1.807) is 7.05 Å². The van der Waals surface area contributed by atoms with Gasteiger partial charge in [0.25, 0.3) is 0 Å². The molecular weight excluding hydrogens is 206 g/mol. The van der Waals surface area contributed by atoms with Crippen molar-refractivity contribution in [3.8, 4) is 0 Å². The fourth-order valence-electron chi connectivity index (χ4n) is 2.39. The molecule has 1 unspecified atom stereocenters. The fourth-order valence-corrected chi connectivity index (χ4v) is 2.39. The van der Waals surface area contributed by atoms with Crippen LogP contribution in [0.25, 0.3) is 0 Å². The maximum Gasteiger partial charge on any atom is 0.345 e. The lowest BCUT2D eigenvalue weighted by Gasteiger charge is -2.26. The summed E-state index contributed by atoms with van der Waals surface area (Å²) < 4.78 is 2.77. The van der Waals surface area contributed by atoms with E-state index >= 15 is 0 Å². The summed E-state index contributed by atoms with van der Waals surface area (Å²) in [5.74, 6) is 0.336. The van der Waals surface area contributed by atoms with Gasteiger partial charge in [0.2, 0.25) is 0 Å². The van der Waals surface area contributed by atoms with E-state index in [1.165, 1.54) is 34.8 Å². The molecule has 1 aromatic heterocycles. The van der Waals surface area contributed by atoms with E-state index in [0.29, 0.717) is 12.5 Å². The van der Waals surface area contributed by atoms with Gasteiger partial charge in [-0.2, -0.15) is 5.10 Å². The van der Waals surface area contributed by atoms with Gasteiger partial charge in [0.1, 0.15) is 6.33 Å². The maximum absolute atomic E-state index is 11.5. The molecule has 1 atom stereocenters. The zero-order valence-electron chi connectivity index (χ0n) is 9.67. The van der Waals surface area contributed by atoms with Gasteiger partial charge in [0, 0.05) is 7.05 Å². The third kappa shape index (κ3) is 2.35. The second kappa shape index (κ2) is 4.82. The molecule has 0 aliphatic heterocycles. The smallest absolute Gasteiger partial charge is 0.345 e. The lowest BCUT2D eigenvalue weighted by atomic mass is 9.85. The topological polar surface area (TPSA) is 60.1 Å². The van der Waals surface area contributed by atoms with Crippen LogP contribution < -0.4 is 5.69 Å². The number of rotatable bonds is 3. The van der Waals surface area contributed by atoms with Gasteiger partial charge in [-0.05, 0) is 18.8 Å². The molecule has 1 saturated carbocycles. The average molecular weight is 225 g/mol. The number of hydrogen-bond donors (Lipinski definition) is 1. The second-order valence-corrected chi connectivity index (χ2v) is 4.67. The molecular formula is C11H19N3O2. The maximum atomic E-state index is 11.5. The number of nitrogens with zero attached hydrogens (tertiary/aromatic N) is 3. The van der Waals surface area contributed by atoms with Gasteiger partial charge in [-0.1, -0.05) is 19.3 Å². The van der Waals surface area contributed by atoms with Crippen molar-refractivity contribution in [1.29, 1.82) is 0 Å². The van der Waals surface area contributed by atoms with Crippen molar-refractivity contribution in [3.63, 3.8) is 0 Å². The summed E-state index contributed by atoms with van der Waals surface area (Å²) in [7, 11) is 1.67. The minimum Gasteiger partial charge on any atom is -0.391 e. The van der Waals surface area contributed by atoms with Gasteiger partial charge < -0.3 is 5.11 Å². The zero-order chi connectivity index (χ0) is 11.5. The largest absolute Gasteiger partial charge is 0.391 e. The zero-order valence-corrected chi connectivity index (χ0v) is 9.67. The van der Waals surface area contributed by atoms with Crippen LogP contribution >= 0.6 is 0 Å². The number of aromatic nitrogens is 3. The lowest BCUT2D eigenvalue weighted by molar-refractivity contribution is 0.0654. The second-order valence-electron chi connectivity index (χ2n) is 4.67. The average Bonchev–Trinajstić information content (AvgIpc) is 2.62. The first-order valence-electron chi connectivity index (χ1n) is 5.95. The monoisotopic (exact) mass is 225 g/mol. The number of aliphatic hydroxyl groups excluding tert-OH is 1. The lowest BCUT2D eigenvalue weighted by Crippen LogP contribution is -2.33. The molecule has 2 rings (SSSR count). The molecule has 1 fully saturated rings. The van der Waals surface area contributed by atoms with Crippen LogP contribution in [0.3, 0.4) is 0 Å². The first kappa shape index (κ1) is 11.4. The summed E-state index contributed by atoms with van der Waals surface area (Å²) in [4.78, 5) is 11.5. The Balaban J connectivity index is 1.98. The summed E-state index contributed by atoms with van der Waals surface area (Å²) in [5.41, 5.74) is -0.158. The van der Waals surface area contributed by atoms with E-state index < -0.39 is 6.10 Å². The SMILES string of the molecule is Cn1cnn(CC(O)C2CCCCC2)c1=O. The molecule has 1 aliphatic carbocycles. The van der Waals surface area contributed by atoms with Crippen LogP contribution in [0, 0.1) is 5.92 Å². The molecule has 0 spiro atoms. The first-order valence-corrected chi connectivity index (χ1v) is 5.95. The van der Waals surface area contributed by atoms with E-state index in [0.717, 1.165) is 12.8 Å². The highest BCUT2D eigenvalue weighted by atomic mass is 16.3.